The third-order valence-corrected chi connectivity index (χ3v) is 2.03. The Balaban J connectivity index is 2.53. The van der Waals surface area contributed by atoms with Gasteiger partial charge in [0.1, 0.15) is 0 Å². The highest BCUT2D eigenvalue weighted by molar-refractivity contribution is 5.72. The van der Waals surface area contributed by atoms with Crippen LogP contribution in [0, 0.1) is 5.92 Å². The number of carbonyl (C=O) groups is 1. The molecule has 0 bridgehead atoms. The molecule has 0 fully saturated rings. The standard InChI is InChI=1S/C9H13NO2/c1-3-8-4-5-9(6-8)10(12)7(2)11/h3-5,8-9,12H,1,6H2,2H3/t8-,9-/m0/s1. The minimum absolute atomic E-state index is 0.175. The molecule has 0 spiro atoms. The highest BCUT2D eigenvalue weighted by Crippen LogP contribution is 2.21. The van der Waals surface area contributed by atoms with E-state index in [4.69, 9.17) is 0 Å². The molecule has 0 aromatic rings. The van der Waals surface area contributed by atoms with Crippen molar-refractivity contribution in [2.24, 2.45) is 5.92 Å². The molecule has 0 saturated heterocycles. The predicted molar refractivity (Wildman–Crippen MR) is 45.5 cm³/mol. The molecule has 1 aliphatic rings. The third kappa shape index (κ3) is 1.74. The number of hydrogen-bond acceptors (Lipinski definition) is 2. The van der Waals surface area contributed by atoms with E-state index < -0.39 is 0 Å². The van der Waals surface area contributed by atoms with Crippen LogP contribution < -0.4 is 0 Å². The van der Waals surface area contributed by atoms with E-state index in [0.717, 1.165) is 11.5 Å². The van der Waals surface area contributed by atoms with Gasteiger partial charge in [-0.15, -0.1) is 6.58 Å². The number of hydroxylamine groups is 2. The van der Waals surface area contributed by atoms with Crippen molar-refractivity contribution in [1.29, 1.82) is 0 Å². The van der Waals surface area contributed by atoms with Gasteiger partial charge >= 0.3 is 0 Å². The number of hydrogen-bond donors (Lipinski definition) is 1. The Labute approximate surface area is 71.9 Å². The summed E-state index contributed by atoms with van der Waals surface area (Å²) in [6.07, 6.45) is 6.32. The molecule has 1 aliphatic carbocycles. The van der Waals surface area contributed by atoms with Gasteiger partial charge in [0.25, 0.3) is 0 Å². The van der Waals surface area contributed by atoms with Crippen LogP contribution in [0.2, 0.25) is 0 Å². The number of allylic oxidation sites excluding steroid dienone is 2. The van der Waals surface area contributed by atoms with E-state index in [1.54, 1.807) is 0 Å². The predicted octanol–water partition coefficient (Wildman–Crippen LogP) is 1.35. The van der Waals surface area contributed by atoms with Crippen molar-refractivity contribution in [2.75, 3.05) is 0 Å². The van der Waals surface area contributed by atoms with Crippen molar-refractivity contribution in [3.8, 4) is 0 Å². The van der Waals surface area contributed by atoms with E-state index in [1.165, 1.54) is 6.92 Å². The summed E-state index contributed by atoms with van der Waals surface area (Å²) in [5.41, 5.74) is 0. The molecule has 1 N–H and O–H groups in total. The van der Waals surface area contributed by atoms with Gasteiger partial charge < -0.3 is 0 Å². The monoisotopic (exact) mass is 167 g/mol. The van der Waals surface area contributed by atoms with Crippen LogP contribution in [0.3, 0.4) is 0 Å². The SMILES string of the molecule is C=C[C@H]1C=C[C@H](N(O)C(C)=O)C1. The van der Waals surface area contributed by atoms with Crippen molar-refractivity contribution in [1.82, 2.24) is 5.06 Å². The second kappa shape index (κ2) is 3.54. The molecule has 3 heteroatoms. The first-order valence-corrected chi connectivity index (χ1v) is 3.94. The number of carbonyl (C=O) groups excluding carboxylic acids is 1. The van der Waals surface area contributed by atoms with E-state index in [-0.39, 0.29) is 17.9 Å². The molecule has 0 unspecified atom stereocenters. The van der Waals surface area contributed by atoms with Crippen molar-refractivity contribution < 1.29 is 10.0 Å². The first-order chi connectivity index (χ1) is 5.65. The largest absolute Gasteiger partial charge is 0.285 e. The summed E-state index contributed by atoms with van der Waals surface area (Å²) in [7, 11) is 0. The van der Waals surface area contributed by atoms with Crippen molar-refractivity contribution in [3.05, 3.63) is 24.8 Å². The molecule has 0 radical (unpaired) electrons. The zero-order valence-electron chi connectivity index (χ0n) is 7.10. The van der Waals surface area contributed by atoms with Crippen molar-refractivity contribution in [3.63, 3.8) is 0 Å². The number of nitrogens with zero attached hydrogens (tertiary/aromatic N) is 1. The lowest BCUT2D eigenvalue weighted by molar-refractivity contribution is -0.169. The second-order valence-electron chi connectivity index (χ2n) is 2.95. The fourth-order valence-corrected chi connectivity index (χ4v) is 1.30. The molecule has 1 amide bonds. The van der Waals surface area contributed by atoms with Gasteiger partial charge in [0, 0.05) is 6.92 Å². The fourth-order valence-electron chi connectivity index (χ4n) is 1.30. The topological polar surface area (TPSA) is 40.5 Å². The molecule has 1 rings (SSSR count). The van der Waals surface area contributed by atoms with Gasteiger partial charge in [-0.3, -0.25) is 10.0 Å². The maximum atomic E-state index is 10.7. The molecular weight excluding hydrogens is 154 g/mol. The van der Waals surface area contributed by atoms with Crippen molar-refractivity contribution in [2.45, 2.75) is 19.4 Å². The van der Waals surface area contributed by atoms with Gasteiger partial charge in [-0.25, -0.2) is 5.06 Å². The Bertz CT molecular complexity index is 223. The van der Waals surface area contributed by atoms with E-state index in [1.807, 2.05) is 18.2 Å². The van der Waals surface area contributed by atoms with Crippen LogP contribution in [-0.4, -0.2) is 22.2 Å². The minimum atomic E-state index is -0.325. The summed E-state index contributed by atoms with van der Waals surface area (Å²) >= 11 is 0. The zero-order chi connectivity index (χ0) is 9.14. The summed E-state index contributed by atoms with van der Waals surface area (Å²) in [4.78, 5) is 10.7. The Morgan fingerprint density at radius 2 is 2.42 bits per heavy atom. The molecule has 2 atom stereocenters. The average Bonchev–Trinajstić information content (AvgIpc) is 2.50. The van der Waals surface area contributed by atoms with Gasteiger partial charge in [0.05, 0.1) is 6.04 Å². The molecule has 0 heterocycles. The quantitative estimate of drug-likeness (QED) is 0.383. The normalized spacial score (nSPS) is 27.2. The summed E-state index contributed by atoms with van der Waals surface area (Å²) in [5, 5.41) is 10.0. The Morgan fingerprint density at radius 1 is 1.75 bits per heavy atom. The fraction of sp³-hybridized carbons (Fsp3) is 0.444. The van der Waals surface area contributed by atoms with E-state index in [2.05, 4.69) is 6.58 Å². The van der Waals surface area contributed by atoms with Gasteiger partial charge in [0.15, 0.2) is 0 Å². The number of rotatable bonds is 2. The van der Waals surface area contributed by atoms with Gasteiger partial charge in [-0.05, 0) is 12.3 Å². The third-order valence-electron chi connectivity index (χ3n) is 2.03. The molecular formula is C9H13NO2. The van der Waals surface area contributed by atoms with Crippen LogP contribution in [0.1, 0.15) is 13.3 Å². The van der Waals surface area contributed by atoms with Gasteiger partial charge in [-0.1, -0.05) is 18.2 Å². The molecule has 0 saturated carbocycles. The summed E-state index contributed by atoms with van der Waals surface area (Å²) in [6, 6.07) is -0.175. The second-order valence-corrected chi connectivity index (χ2v) is 2.95. The molecule has 0 aromatic carbocycles. The minimum Gasteiger partial charge on any atom is -0.285 e. The Kier molecular flexibility index (Phi) is 2.65. The summed E-state index contributed by atoms with van der Waals surface area (Å²) in [5.74, 6) is -0.0432. The van der Waals surface area contributed by atoms with Crippen LogP contribution in [0.25, 0.3) is 0 Å². The molecule has 0 aliphatic heterocycles. The maximum Gasteiger partial charge on any atom is 0.243 e. The van der Waals surface area contributed by atoms with Crippen LogP contribution in [0.5, 0.6) is 0 Å². The van der Waals surface area contributed by atoms with Crippen LogP contribution in [0.4, 0.5) is 0 Å². The summed E-state index contributed by atoms with van der Waals surface area (Å²) in [6.45, 7) is 4.99. The first-order valence-electron chi connectivity index (χ1n) is 3.94. The summed E-state index contributed by atoms with van der Waals surface area (Å²) < 4.78 is 0. The average molecular weight is 167 g/mol. The van der Waals surface area contributed by atoms with Gasteiger partial charge in [0.2, 0.25) is 5.91 Å². The Hall–Kier alpha value is -1.09. The smallest absolute Gasteiger partial charge is 0.243 e. The maximum absolute atomic E-state index is 10.7. The van der Waals surface area contributed by atoms with Gasteiger partial charge in [-0.2, -0.15) is 0 Å². The number of amides is 1. The lowest BCUT2D eigenvalue weighted by Gasteiger charge is -2.19. The Morgan fingerprint density at radius 3 is 2.83 bits per heavy atom. The van der Waals surface area contributed by atoms with E-state index in [0.29, 0.717) is 0 Å². The molecule has 3 nitrogen and oxygen atoms in total. The van der Waals surface area contributed by atoms with E-state index in [9.17, 15) is 10.0 Å². The molecule has 12 heavy (non-hydrogen) atoms. The van der Waals surface area contributed by atoms with Crippen LogP contribution in [-0.2, 0) is 4.79 Å². The lowest BCUT2D eigenvalue weighted by atomic mass is 10.1. The highest BCUT2D eigenvalue weighted by Gasteiger charge is 2.23. The van der Waals surface area contributed by atoms with Crippen molar-refractivity contribution >= 4 is 5.91 Å². The van der Waals surface area contributed by atoms with E-state index >= 15 is 0 Å². The first kappa shape index (κ1) is 9.00. The zero-order valence-corrected chi connectivity index (χ0v) is 7.10. The lowest BCUT2D eigenvalue weighted by Crippen LogP contribution is -2.33. The molecule has 66 valence electrons. The van der Waals surface area contributed by atoms with Crippen LogP contribution >= 0.6 is 0 Å². The molecule has 0 aromatic heterocycles. The van der Waals surface area contributed by atoms with Crippen LogP contribution in [0.15, 0.2) is 24.8 Å². The highest BCUT2D eigenvalue weighted by atomic mass is 16.5.